The minimum Gasteiger partial charge on any atom is -0.494 e. The number of fused-ring (bicyclic) bond motifs is 5. The Balaban J connectivity index is 1.97. The standard InChI is InChI=1S/C20H20F3N3O5S/c1-4-32(29,30)25-12-8-18(2)14-15(19(12,3)31-18)17(28)26(16(14)27)11-7-5-6-10(9-24)13(11)20(21,22)23/h5-7,12,25,27-28H,4,8H2,1-3H3. The van der Waals surface area contributed by atoms with Gasteiger partial charge in [-0.15, -0.1) is 0 Å². The first kappa shape index (κ1) is 22.4. The first-order valence-corrected chi connectivity index (χ1v) is 11.3. The van der Waals surface area contributed by atoms with Crippen LogP contribution in [0.25, 0.3) is 5.69 Å². The molecule has 32 heavy (non-hydrogen) atoms. The van der Waals surface area contributed by atoms with E-state index in [9.17, 15) is 37.1 Å². The van der Waals surface area contributed by atoms with Crippen LogP contribution >= 0.6 is 0 Å². The molecule has 0 spiro atoms. The Hall–Kier alpha value is -2.75. The summed E-state index contributed by atoms with van der Waals surface area (Å²) in [6.07, 6.45) is -4.85. The monoisotopic (exact) mass is 471 g/mol. The first-order valence-electron chi connectivity index (χ1n) is 9.68. The van der Waals surface area contributed by atoms with E-state index in [2.05, 4.69) is 4.72 Å². The lowest BCUT2D eigenvalue weighted by Gasteiger charge is -2.30. The highest BCUT2D eigenvalue weighted by atomic mass is 32.2. The van der Waals surface area contributed by atoms with Gasteiger partial charge < -0.3 is 14.9 Å². The number of hydrogen-bond donors (Lipinski definition) is 3. The summed E-state index contributed by atoms with van der Waals surface area (Å²) in [5.74, 6) is -1.58. The maximum atomic E-state index is 13.8. The molecule has 1 fully saturated rings. The summed E-state index contributed by atoms with van der Waals surface area (Å²) in [6, 6.07) is 3.89. The maximum Gasteiger partial charge on any atom is 0.419 e. The molecule has 12 heteroatoms. The molecule has 8 nitrogen and oxygen atoms in total. The molecule has 172 valence electrons. The zero-order valence-electron chi connectivity index (χ0n) is 17.3. The molecule has 2 aliphatic rings. The largest absolute Gasteiger partial charge is 0.494 e. The van der Waals surface area contributed by atoms with Gasteiger partial charge in [0, 0.05) is 6.42 Å². The topological polar surface area (TPSA) is 125 Å². The van der Waals surface area contributed by atoms with E-state index in [1.54, 1.807) is 6.92 Å². The molecule has 2 aromatic rings. The summed E-state index contributed by atoms with van der Waals surface area (Å²) in [5.41, 5.74) is -5.23. The van der Waals surface area contributed by atoms with Crippen molar-refractivity contribution in [2.45, 2.75) is 50.6 Å². The predicted octanol–water partition coefficient (Wildman–Crippen LogP) is 2.95. The van der Waals surface area contributed by atoms with Crippen molar-refractivity contribution in [2.24, 2.45) is 0 Å². The number of nitrogens with zero attached hydrogens (tertiary/aromatic N) is 2. The molecule has 0 saturated carbocycles. The third-order valence-electron chi connectivity index (χ3n) is 6.23. The zero-order valence-corrected chi connectivity index (χ0v) is 18.1. The number of aromatic hydroxyl groups is 2. The van der Waals surface area contributed by atoms with Crippen LogP contribution in [0.3, 0.4) is 0 Å². The first-order chi connectivity index (χ1) is 14.7. The molecule has 2 bridgehead atoms. The number of aromatic nitrogens is 1. The molecule has 1 aromatic heterocycles. The van der Waals surface area contributed by atoms with Crippen molar-refractivity contribution in [1.29, 1.82) is 5.26 Å². The third kappa shape index (κ3) is 2.92. The fourth-order valence-electron chi connectivity index (χ4n) is 4.86. The van der Waals surface area contributed by atoms with E-state index in [4.69, 9.17) is 4.74 Å². The molecule has 0 amide bonds. The van der Waals surface area contributed by atoms with Crippen molar-refractivity contribution in [2.75, 3.05) is 5.75 Å². The summed E-state index contributed by atoms with van der Waals surface area (Å²) in [6.45, 7) is 4.52. The van der Waals surface area contributed by atoms with Gasteiger partial charge in [-0.1, -0.05) is 6.07 Å². The lowest BCUT2D eigenvalue weighted by molar-refractivity contribution is -0.137. The quantitative estimate of drug-likeness (QED) is 0.630. The van der Waals surface area contributed by atoms with E-state index in [1.807, 2.05) is 0 Å². The maximum absolute atomic E-state index is 13.8. The van der Waals surface area contributed by atoms with Crippen molar-refractivity contribution < 1.29 is 36.5 Å². The van der Waals surface area contributed by atoms with E-state index >= 15 is 0 Å². The van der Waals surface area contributed by atoms with Crippen LogP contribution in [0.1, 0.15) is 49.4 Å². The summed E-state index contributed by atoms with van der Waals surface area (Å²) in [4.78, 5) is 0. The van der Waals surface area contributed by atoms with Crippen LogP contribution in [-0.2, 0) is 32.1 Å². The fourth-order valence-corrected chi connectivity index (χ4v) is 5.77. The van der Waals surface area contributed by atoms with E-state index in [-0.39, 0.29) is 23.3 Å². The van der Waals surface area contributed by atoms with Gasteiger partial charge in [0.15, 0.2) is 0 Å². The molecule has 3 unspecified atom stereocenters. The molecule has 0 aliphatic carbocycles. The van der Waals surface area contributed by atoms with Gasteiger partial charge in [-0.3, -0.25) is 4.57 Å². The highest BCUT2D eigenvalue weighted by molar-refractivity contribution is 7.89. The SMILES string of the molecule is CCS(=O)(=O)NC1CC2(C)OC1(C)c1c2c(O)n(-c2cccc(C#N)c2C(F)(F)F)c1O. The summed E-state index contributed by atoms with van der Waals surface area (Å²) in [5, 5.41) is 31.1. The number of alkyl halides is 3. The van der Waals surface area contributed by atoms with Crippen LogP contribution in [0.2, 0.25) is 0 Å². The minimum atomic E-state index is -4.95. The lowest BCUT2D eigenvalue weighted by atomic mass is 9.77. The van der Waals surface area contributed by atoms with Gasteiger partial charge in [0.1, 0.15) is 5.60 Å². The van der Waals surface area contributed by atoms with E-state index in [0.717, 1.165) is 12.1 Å². The zero-order chi connectivity index (χ0) is 23.9. The molecule has 3 N–H and O–H groups in total. The normalized spacial score (nSPS) is 26.8. The number of nitrogens with one attached hydrogen (secondary N) is 1. The molecular weight excluding hydrogens is 451 g/mol. The van der Waals surface area contributed by atoms with Crippen LogP contribution < -0.4 is 4.72 Å². The summed E-state index contributed by atoms with van der Waals surface area (Å²) in [7, 11) is -3.66. The second-order valence-corrected chi connectivity index (χ2v) is 10.3. The van der Waals surface area contributed by atoms with E-state index in [0.29, 0.717) is 4.57 Å². The van der Waals surface area contributed by atoms with Crippen LogP contribution in [0, 0.1) is 11.3 Å². The average Bonchev–Trinajstić information content (AvgIpc) is 3.21. The number of rotatable bonds is 4. The van der Waals surface area contributed by atoms with Crippen molar-refractivity contribution in [3.63, 3.8) is 0 Å². The van der Waals surface area contributed by atoms with Crippen molar-refractivity contribution in [3.8, 4) is 23.5 Å². The van der Waals surface area contributed by atoms with E-state index in [1.165, 1.54) is 26.0 Å². The Morgan fingerprint density at radius 2 is 1.91 bits per heavy atom. The van der Waals surface area contributed by atoms with Gasteiger partial charge in [0.25, 0.3) is 0 Å². The van der Waals surface area contributed by atoms with Gasteiger partial charge in [0.2, 0.25) is 21.8 Å². The number of halogens is 3. The fraction of sp³-hybridized carbons (Fsp3) is 0.450. The van der Waals surface area contributed by atoms with Crippen LogP contribution in [0.4, 0.5) is 13.2 Å². The highest BCUT2D eigenvalue weighted by Crippen LogP contribution is 2.64. The number of nitriles is 1. The lowest BCUT2D eigenvalue weighted by Crippen LogP contribution is -2.47. The smallest absolute Gasteiger partial charge is 0.419 e. The number of ether oxygens (including phenoxy) is 1. The van der Waals surface area contributed by atoms with Crippen molar-refractivity contribution >= 4 is 10.0 Å². The molecular formula is C20H20F3N3O5S. The predicted molar refractivity (Wildman–Crippen MR) is 106 cm³/mol. The Morgan fingerprint density at radius 1 is 1.28 bits per heavy atom. The Labute approximate surface area is 181 Å². The molecule has 3 atom stereocenters. The van der Waals surface area contributed by atoms with Crippen molar-refractivity contribution in [1.82, 2.24) is 9.29 Å². The van der Waals surface area contributed by atoms with Crippen LogP contribution in [-0.4, -0.2) is 35.0 Å². The van der Waals surface area contributed by atoms with Gasteiger partial charge in [0.05, 0.1) is 51.4 Å². The molecule has 3 heterocycles. The number of hydrogen-bond acceptors (Lipinski definition) is 6. The summed E-state index contributed by atoms with van der Waals surface area (Å²) < 4.78 is 74.9. The Morgan fingerprint density at radius 3 is 2.47 bits per heavy atom. The van der Waals surface area contributed by atoms with Gasteiger partial charge in [-0.25, -0.2) is 13.1 Å². The van der Waals surface area contributed by atoms with Gasteiger partial charge in [-0.05, 0) is 32.9 Å². The Kier molecular flexibility index (Phi) is 4.65. The molecule has 4 rings (SSSR count). The van der Waals surface area contributed by atoms with Gasteiger partial charge >= 0.3 is 6.18 Å². The third-order valence-corrected chi connectivity index (χ3v) is 7.63. The average molecular weight is 471 g/mol. The highest BCUT2D eigenvalue weighted by Gasteiger charge is 2.65. The van der Waals surface area contributed by atoms with Crippen LogP contribution in [0.5, 0.6) is 11.8 Å². The molecule has 1 aromatic carbocycles. The second kappa shape index (κ2) is 6.63. The van der Waals surface area contributed by atoms with Crippen molar-refractivity contribution in [3.05, 3.63) is 40.5 Å². The minimum absolute atomic E-state index is 0.00281. The molecule has 1 saturated heterocycles. The van der Waals surface area contributed by atoms with E-state index < -0.39 is 62.0 Å². The van der Waals surface area contributed by atoms with Crippen LogP contribution in [0.15, 0.2) is 18.2 Å². The Bertz CT molecular complexity index is 1280. The number of sulfonamides is 1. The second-order valence-electron chi connectivity index (χ2n) is 8.26. The molecule has 0 radical (unpaired) electrons. The number of benzene rings is 1. The summed E-state index contributed by atoms with van der Waals surface area (Å²) >= 11 is 0. The van der Waals surface area contributed by atoms with Gasteiger partial charge in [-0.2, -0.15) is 18.4 Å². The molecule has 2 aliphatic heterocycles.